The van der Waals surface area contributed by atoms with Gasteiger partial charge in [0.05, 0.1) is 16.4 Å². The van der Waals surface area contributed by atoms with E-state index in [2.05, 4.69) is 31.5 Å². The van der Waals surface area contributed by atoms with Crippen molar-refractivity contribution in [3.05, 3.63) is 22.4 Å². The summed E-state index contributed by atoms with van der Waals surface area (Å²) in [6.45, 7) is 7.82. The molecule has 0 aliphatic rings. The average Bonchev–Trinajstić information content (AvgIpc) is 2.34. The average molecular weight is 355 g/mol. The zero-order valence-electron chi connectivity index (χ0n) is 12.5. The Hall–Kier alpha value is -1.81. The Bertz CT molecular complexity index is 549. The van der Waals surface area contributed by atoms with Crippen molar-refractivity contribution in [1.82, 2.24) is 10.3 Å². The number of carbonyl (C=O) groups is 1. The molecule has 1 heterocycles. The normalized spacial score (nSPS) is 12.2. The molecular weight excluding hydrogens is 336 g/mol. The summed E-state index contributed by atoms with van der Waals surface area (Å²) in [7, 11) is 0. The van der Waals surface area contributed by atoms with Crippen LogP contribution in [0, 0.1) is 11.3 Å². The molecule has 0 fully saturated rings. The Kier molecular flexibility index (Phi) is 5.97. The van der Waals surface area contributed by atoms with Gasteiger partial charge in [-0.3, -0.25) is 0 Å². The highest BCUT2D eigenvalue weighted by atomic mass is 79.9. The number of nitriles is 1. The Balaban J connectivity index is 2.46. The summed E-state index contributed by atoms with van der Waals surface area (Å²) in [5.41, 5.74) is 0.582. The maximum Gasteiger partial charge on any atom is 0.407 e. The quantitative estimate of drug-likeness (QED) is 0.867. The van der Waals surface area contributed by atoms with Gasteiger partial charge >= 0.3 is 6.09 Å². The molecule has 1 aromatic heterocycles. The smallest absolute Gasteiger partial charge is 0.407 e. The van der Waals surface area contributed by atoms with E-state index >= 15 is 0 Å². The molecule has 0 aromatic carbocycles. The van der Waals surface area contributed by atoms with Crippen molar-refractivity contribution in [3.63, 3.8) is 0 Å². The molecule has 0 saturated heterocycles. The van der Waals surface area contributed by atoms with Crippen LogP contribution in [0.5, 0.6) is 0 Å². The van der Waals surface area contributed by atoms with E-state index in [1.165, 1.54) is 0 Å². The van der Waals surface area contributed by atoms with E-state index in [9.17, 15) is 4.79 Å². The number of pyridine rings is 1. The maximum absolute atomic E-state index is 11.6. The van der Waals surface area contributed by atoms with Gasteiger partial charge in [-0.05, 0) is 49.7 Å². The molecule has 1 amide bonds. The number of aromatic nitrogens is 1. The molecule has 21 heavy (non-hydrogen) atoms. The molecule has 7 heteroatoms. The number of alkyl carbamates (subject to hydrolysis) is 1. The first-order valence-electron chi connectivity index (χ1n) is 6.50. The number of amides is 1. The number of nitrogens with one attached hydrogen (secondary N) is 2. The molecule has 6 nitrogen and oxygen atoms in total. The zero-order valence-corrected chi connectivity index (χ0v) is 14.1. The predicted molar refractivity (Wildman–Crippen MR) is 84.0 cm³/mol. The summed E-state index contributed by atoms with van der Waals surface area (Å²) < 4.78 is 5.80. The van der Waals surface area contributed by atoms with E-state index in [1.807, 2.05) is 33.8 Å². The van der Waals surface area contributed by atoms with Gasteiger partial charge in [0.25, 0.3) is 0 Å². The standard InChI is InChI=1S/C14H19BrN4O2/c1-9(19-13(20)21-14(2,3)4)7-17-10-5-11(15)12(6-16)18-8-10/h5,8-9,17H,7H2,1-4H3,(H,19,20). The molecule has 1 atom stereocenters. The first kappa shape index (κ1) is 17.2. The van der Waals surface area contributed by atoms with Gasteiger partial charge in [-0.2, -0.15) is 5.26 Å². The highest BCUT2D eigenvalue weighted by molar-refractivity contribution is 9.10. The fourth-order valence-corrected chi connectivity index (χ4v) is 1.89. The molecule has 114 valence electrons. The van der Waals surface area contributed by atoms with E-state index in [1.54, 1.807) is 12.3 Å². The van der Waals surface area contributed by atoms with Crippen molar-refractivity contribution in [3.8, 4) is 6.07 Å². The number of carbonyl (C=O) groups excluding carboxylic acids is 1. The monoisotopic (exact) mass is 354 g/mol. The maximum atomic E-state index is 11.6. The van der Waals surface area contributed by atoms with Crippen LogP contribution >= 0.6 is 15.9 Å². The largest absolute Gasteiger partial charge is 0.444 e. The minimum absolute atomic E-state index is 0.116. The molecular formula is C14H19BrN4O2. The molecule has 0 aliphatic heterocycles. The second kappa shape index (κ2) is 7.27. The van der Waals surface area contributed by atoms with Gasteiger partial charge in [-0.1, -0.05) is 0 Å². The fraction of sp³-hybridized carbons (Fsp3) is 0.500. The van der Waals surface area contributed by atoms with Crippen molar-refractivity contribution in [2.75, 3.05) is 11.9 Å². The SMILES string of the molecule is CC(CNc1cnc(C#N)c(Br)c1)NC(=O)OC(C)(C)C. The second-order valence-electron chi connectivity index (χ2n) is 5.59. The van der Waals surface area contributed by atoms with Crippen LogP contribution < -0.4 is 10.6 Å². The van der Waals surface area contributed by atoms with Gasteiger partial charge in [0.1, 0.15) is 11.7 Å². The second-order valence-corrected chi connectivity index (χ2v) is 6.45. The summed E-state index contributed by atoms with van der Waals surface area (Å²) in [5, 5.41) is 14.7. The van der Waals surface area contributed by atoms with E-state index in [0.29, 0.717) is 16.7 Å². The number of hydrogen-bond donors (Lipinski definition) is 2. The predicted octanol–water partition coefficient (Wildman–Crippen LogP) is 3.04. The number of rotatable bonds is 4. The van der Waals surface area contributed by atoms with Crippen LogP contribution in [0.3, 0.4) is 0 Å². The number of anilines is 1. The number of ether oxygens (including phenoxy) is 1. The van der Waals surface area contributed by atoms with E-state index < -0.39 is 11.7 Å². The van der Waals surface area contributed by atoms with Crippen molar-refractivity contribution in [2.24, 2.45) is 0 Å². The summed E-state index contributed by atoms with van der Waals surface area (Å²) in [6, 6.07) is 3.63. The van der Waals surface area contributed by atoms with E-state index in [0.717, 1.165) is 5.69 Å². The molecule has 0 radical (unpaired) electrons. The van der Waals surface area contributed by atoms with Gasteiger partial charge in [0, 0.05) is 12.6 Å². The Morgan fingerprint density at radius 1 is 1.57 bits per heavy atom. The van der Waals surface area contributed by atoms with Gasteiger partial charge in [0.15, 0.2) is 5.69 Å². The highest BCUT2D eigenvalue weighted by Crippen LogP contribution is 2.18. The van der Waals surface area contributed by atoms with Crippen molar-refractivity contribution >= 4 is 27.7 Å². The van der Waals surface area contributed by atoms with Crippen LogP contribution in [0.25, 0.3) is 0 Å². The lowest BCUT2D eigenvalue weighted by atomic mass is 10.2. The van der Waals surface area contributed by atoms with Crippen molar-refractivity contribution in [1.29, 1.82) is 5.26 Å². The lowest BCUT2D eigenvalue weighted by molar-refractivity contribution is 0.0511. The third-order valence-corrected chi connectivity index (χ3v) is 2.93. The molecule has 0 bridgehead atoms. The first-order valence-corrected chi connectivity index (χ1v) is 7.29. The summed E-state index contributed by atoms with van der Waals surface area (Å²) >= 11 is 3.27. The van der Waals surface area contributed by atoms with Gasteiger partial charge in [0.2, 0.25) is 0 Å². The lowest BCUT2D eigenvalue weighted by Crippen LogP contribution is -2.40. The summed E-state index contributed by atoms with van der Waals surface area (Å²) in [4.78, 5) is 15.6. The van der Waals surface area contributed by atoms with Crippen LogP contribution in [0.4, 0.5) is 10.5 Å². The number of nitrogens with zero attached hydrogens (tertiary/aromatic N) is 2. The Morgan fingerprint density at radius 2 is 2.24 bits per heavy atom. The van der Waals surface area contributed by atoms with Crippen LogP contribution in [-0.2, 0) is 4.74 Å². The third-order valence-electron chi connectivity index (χ3n) is 2.32. The van der Waals surface area contributed by atoms with E-state index in [-0.39, 0.29) is 6.04 Å². The number of hydrogen-bond acceptors (Lipinski definition) is 5. The summed E-state index contributed by atoms with van der Waals surface area (Å²) in [6.07, 6.45) is 1.12. The minimum Gasteiger partial charge on any atom is -0.444 e. The molecule has 1 unspecified atom stereocenters. The van der Waals surface area contributed by atoms with Crippen molar-refractivity contribution < 1.29 is 9.53 Å². The molecule has 0 aliphatic carbocycles. The molecule has 1 aromatic rings. The van der Waals surface area contributed by atoms with Crippen LogP contribution in [0.15, 0.2) is 16.7 Å². The van der Waals surface area contributed by atoms with Crippen molar-refractivity contribution in [2.45, 2.75) is 39.3 Å². The fourth-order valence-electron chi connectivity index (χ4n) is 1.45. The van der Waals surface area contributed by atoms with Crippen LogP contribution in [-0.4, -0.2) is 29.3 Å². The molecule has 0 saturated carbocycles. The third kappa shape index (κ3) is 6.45. The summed E-state index contributed by atoms with van der Waals surface area (Å²) in [5.74, 6) is 0. The lowest BCUT2D eigenvalue weighted by Gasteiger charge is -2.22. The van der Waals surface area contributed by atoms with Crippen LogP contribution in [0.2, 0.25) is 0 Å². The molecule has 0 spiro atoms. The first-order chi connectivity index (χ1) is 9.71. The number of halogens is 1. The van der Waals surface area contributed by atoms with E-state index in [4.69, 9.17) is 10.00 Å². The van der Waals surface area contributed by atoms with Gasteiger partial charge in [-0.25, -0.2) is 9.78 Å². The van der Waals surface area contributed by atoms with Gasteiger partial charge < -0.3 is 15.4 Å². The highest BCUT2D eigenvalue weighted by Gasteiger charge is 2.17. The van der Waals surface area contributed by atoms with Gasteiger partial charge in [-0.15, -0.1) is 0 Å². The van der Waals surface area contributed by atoms with Crippen LogP contribution in [0.1, 0.15) is 33.4 Å². The zero-order chi connectivity index (χ0) is 16.0. The molecule has 2 N–H and O–H groups in total. The molecule has 1 rings (SSSR count). The Morgan fingerprint density at radius 3 is 2.76 bits per heavy atom. The Labute approximate surface area is 133 Å². The topological polar surface area (TPSA) is 87.0 Å². The minimum atomic E-state index is -0.515.